The van der Waals surface area contributed by atoms with Crippen molar-refractivity contribution in [2.24, 2.45) is 0 Å². The van der Waals surface area contributed by atoms with Gasteiger partial charge in [0.25, 0.3) is 0 Å². The predicted octanol–water partition coefficient (Wildman–Crippen LogP) is 18.6. The molecule has 0 amide bonds. The number of fused-ring (bicyclic) bond motifs is 15. The number of thiophene rings is 1. The second kappa shape index (κ2) is 16.1. The fraction of sp³-hybridized carbons (Fsp3) is 0.0571. The molecule has 77 heavy (non-hydrogen) atoms. The Balaban J connectivity index is 1.31. The van der Waals surface area contributed by atoms with Gasteiger partial charge in [-0.3, -0.25) is 4.98 Å². The third kappa shape index (κ3) is 6.02. The molecule has 0 unspecified atom stereocenters. The van der Waals surface area contributed by atoms with Crippen LogP contribution in [0.15, 0.2) is 207 Å². The van der Waals surface area contributed by atoms with Gasteiger partial charge < -0.3 is 18.3 Å². The molecule has 6 heterocycles. The van der Waals surface area contributed by atoms with Crippen LogP contribution in [-0.2, 0) is 0 Å². The van der Waals surface area contributed by atoms with Crippen LogP contribution in [0.1, 0.15) is 27.8 Å². The van der Waals surface area contributed by atoms with Crippen LogP contribution in [0.3, 0.4) is 0 Å². The van der Waals surface area contributed by atoms with Crippen molar-refractivity contribution in [2.75, 3.05) is 0 Å². The number of hydrogen-bond acceptors (Lipinski definition) is 3. The summed E-state index contributed by atoms with van der Waals surface area (Å²) in [5.41, 5.74) is 18.9. The van der Waals surface area contributed by atoms with Crippen molar-refractivity contribution in [2.45, 2.75) is 27.7 Å². The van der Waals surface area contributed by atoms with Crippen LogP contribution in [0.5, 0.6) is 0 Å². The number of nitrogens with zero attached hydrogens (tertiary/aromatic N) is 6. The zero-order valence-electron chi connectivity index (χ0n) is 42.7. The Morgan fingerprint density at radius 2 is 0.740 bits per heavy atom. The SMILES string of the molecule is Cc1ccc2c3ccccc3n(-c3c(C#N)c(-n4c5ccccc5c5ccc(C)cc54)c(-n4c5ccccc5c5ccc(C)cc54)c(-c4cccc5sc6cnccc6c45)c3-n3c4ccccc4c4ccc(C)cc43)c2c1. The van der Waals surface area contributed by atoms with Crippen LogP contribution in [-0.4, -0.2) is 23.3 Å². The molecule has 7 heteroatoms. The van der Waals surface area contributed by atoms with Crippen LogP contribution < -0.4 is 0 Å². The normalized spacial score (nSPS) is 12.1. The van der Waals surface area contributed by atoms with Gasteiger partial charge in [-0.15, -0.1) is 11.3 Å². The van der Waals surface area contributed by atoms with Crippen molar-refractivity contribution in [1.82, 2.24) is 23.3 Å². The van der Waals surface area contributed by atoms with E-state index in [9.17, 15) is 5.26 Å². The predicted molar refractivity (Wildman–Crippen MR) is 324 cm³/mol. The number of benzene rings is 10. The van der Waals surface area contributed by atoms with Crippen LogP contribution in [0.4, 0.5) is 0 Å². The molecule has 0 radical (unpaired) electrons. The number of aromatic nitrogens is 5. The number of aryl methyl sites for hydroxylation is 4. The first-order valence-corrected chi connectivity index (χ1v) is 27.1. The van der Waals surface area contributed by atoms with Crippen LogP contribution in [0.25, 0.3) is 141 Å². The summed E-state index contributed by atoms with van der Waals surface area (Å²) in [5.74, 6) is 0. The largest absolute Gasteiger partial charge is 0.306 e. The van der Waals surface area contributed by atoms with E-state index in [-0.39, 0.29) is 0 Å². The Kier molecular flexibility index (Phi) is 9.14. The molecule has 0 aliphatic rings. The summed E-state index contributed by atoms with van der Waals surface area (Å²) in [6.45, 7) is 8.72. The smallest absolute Gasteiger partial charge is 0.104 e. The molecule has 0 fully saturated rings. The van der Waals surface area contributed by atoms with E-state index in [0.29, 0.717) is 5.56 Å². The van der Waals surface area contributed by atoms with Gasteiger partial charge in [-0.05, 0) is 116 Å². The van der Waals surface area contributed by atoms with Crippen molar-refractivity contribution in [3.05, 3.63) is 234 Å². The van der Waals surface area contributed by atoms with Crippen molar-refractivity contribution < 1.29 is 0 Å². The molecule has 6 nitrogen and oxygen atoms in total. The van der Waals surface area contributed by atoms with Crippen LogP contribution >= 0.6 is 11.3 Å². The Hall–Kier alpha value is -9.74. The average molecular weight is 1000 g/mol. The molecule has 0 aliphatic heterocycles. The Labute approximate surface area is 446 Å². The summed E-state index contributed by atoms with van der Waals surface area (Å²) >= 11 is 1.77. The molecule has 0 atom stereocenters. The first-order valence-electron chi connectivity index (χ1n) is 26.2. The summed E-state index contributed by atoms with van der Waals surface area (Å²) in [6, 6.07) is 74.5. The zero-order valence-corrected chi connectivity index (χ0v) is 43.5. The molecular weight excluding hydrogens is 957 g/mol. The standard InChI is InChI=1S/C70H46N6S/c1-40-24-28-48-44-14-5-9-19-55(44)73(59(48)34-40)67-54(38-71)68(74-56-20-10-6-15-45(56)49-29-25-41(2)35-60(49)74)70(76-58-22-12-8-17-47(58)51-31-27-43(4)37-62(51)76)66(53-18-13-23-63-65(53)52-32-33-72-39-64(52)77-63)69(67)75-57-21-11-7-16-46(57)50-30-26-42(3)36-61(50)75/h5-37,39H,1-4H3. The van der Waals surface area contributed by atoms with Gasteiger partial charge in [0, 0.05) is 76.5 Å². The van der Waals surface area contributed by atoms with Gasteiger partial charge >= 0.3 is 0 Å². The average Bonchev–Trinajstić information content (AvgIpc) is 4.47. The lowest BCUT2D eigenvalue weighted by Crippen LogP contribution is -2.16. The highest BCUT2D eigenvalue weighted by atomic mass is 32.1. The van der Waals surface area contributed by atoms with Gasteiger partial charge in [0.15, 0.2) is 0 Å². The molecule has 0 spiro atoms. The summed E-state index contributed by atoms with van der Waals surface area (Å²) in [5, 5.41) is 24.3. The van der Waals surface area contributed by atoms with Gasteiger partial charge in [0.2, 0.25) is 0 Å². The lowest BCUT2D eigenvalue weighted by Gasteiger charge is -2.29. The highest BCUT2D eigenvalue weighted by molar-refractivity contribution is 7.25. The van der Waals surface area contributed by atoms with E-state index in [4.69, 9.17) is 0 Å². The fourth-order valence-corrected chi connectivity index (χ4v) is 14.2. The minimum absolute atomic E-state index is 0.552. The van der Waals surface area contributed by atoms with Crippen molar-refractivity contribution >= 4 is 119 Å². The molecule has 16 rings (SSSR count). The molecule has 0 saturated carbocycles. The first kappa shape index (κ1) is 43.6. The number of nitriles is 1. The highest BCUT2D eigenvalue weighted by Gasteiger charge is 2.36. The van der Waals surface area contributed by atoms with E-state index in [0.717, 1.165) is 164 Å². The lowest BCUT2D eigenvalue weighted by molar-refractivity contribution is 1.04. The summed E-state index contributed by atoms with van der Waals surface area (Å²) in [4.78, 5) is 4.69. The van der Waals surface area contributed by atoms with Gasteiger partial charge in [-0.1, -0.05) is 133 Å². The quantitative estimate of drug-likeness (QED) is 0.172. The molecule has 0 saturated heterocycles. The van der Waals surface area contributed by atoms with E-state index in [1.54, 1.807) is 11.3 Å². The third-order valence-corrected chi connectivity index (χ3v) is 17.4. The number of rotatable bonds is 5. The Bertz CT molecular complexity index is 5030. The maximum Gasteiger partial charge on any atom is 0.104 e. The maximum atomic E-state index is 13.0. The highest BCUT2D eigenvalue weighted by Crippen LogP contribution is 2.54. The van der Waals surface area contributed by atoms with Crippen molar-refractivity contribution in [1.29, 1.82) is 5.26 Å². The van der Waals surface area contributed by atoms with E-state index in [2.05, 4.69) is 251 Å². The number of para-hydroxylation sites is 4. The third-order valence-electron chi connectivity index (χ3n) is 16.3. The molecule has 0 aliphatic carbocycles. The molecule has 10 aromatic carbocycles. The molecule has 0 N–H and O–H groups in total. The fourth-order valence-electron chi connectivity index (χ4n) is 13.1. The van der Waals surface area contributed by atoms with Gasteiger partial charge in [-0.25, -0.2) is 0 Å². The van der Waals surface area contributed by atoms with E-state index in [1.807, 2.05) is 12.4 Å². The summed E-state index contributed by atoms with van der Waals surface area (Å²) in [7, 11) is 0. The molecule has 0 bridgehead atoms. The van der Waals surface area contributed by atoms with E-state index >= 15 is 0 Å². The molecule has 6 aromatic heterocycles. The molecule has 362 valence electrons. The molecule has 16 aromatic rings. The minimum Gasteiger partial charge on any atom is -0.306 e. The Morgan fingerprint density at radius 1 is 0.364 bits per heavy atom. The number of hydrogen-bond donors (Lipinski definition) is 0. The van der Waals surface area contributed by atoms with Gasteiger partial charge in [0.05, 0.1) is 71.6 Å². The van der Waals surface area contributed by atoms with E-state index < -0.39 is 0 Å². The molecular formula is C70H46N6S. The van der Waals surface area contributed by atoms with Gasteiger partial charge in [0.1, 0.15) is 11.6 Å². The van der Waals surface area contributed by atoms with E-state index in [1.165, 1.54) is 0 Å². The van der Waals surface area contributed by atoms with Crippen molar-refractivity contribution in [3.8, 4) is 39.9 Å². The first-order chi connectivity index (χ1) is 37.8. The second-order valence-electron chi connectivity index (χ2n) is 20.9. The summed E-state index contributed by atoms with van der Waals surface area (Å²) < 4.78 is 12.2. The zero-order chi connectivity index (χ0) is 51.4. The topological polar surface area (TPSA) is 56.4 Å². The minimum atomic E-state index is 0.552. The monoisotopic (exact) mass is 1000 g/mol. The second-order valence-corrected chi connectivity index (χ2v) is 22.0. The van der Waals surface area contributed by atoms with Gasteiger partial charge in [-0.2, -0.15) is 5.26 Å². The lowest BCUT2D eigenvalue weighted by atomic mass is 9.91. The van der Waals surface area contributed by atoms with Crippen LogP contribution in [0, 0.1) is 39.0 Å². The van der Waals surface area contributed by atoms with Crippen molar-refractivity contribution in [3.63, 3.8) is 0 Å². The van der Waals surface area contributed by atoms with Crippen LogP contribution in [0.2, 0.25) is 0 Å². The Morgan fingerprint density at radius 3 is 1.14 bits per heavy atom. The number of pyridine rings is 1. The summed E-state index contributed by atoms with van der Waals surface area (Å²) in [6.07, 6.45) is 3.93. The maximum absolute atomic E-state index is 13.0.